The highest BCUT2D eigenvalue weighted by Gasteiger charge is 2.12. The quantitative estimate of drug-likeness (QED) is 0.384. The number of nitrogens with zero attached hydrogens (tertiary/aromatic N) is 7. The molecule has 13 heteroatoms. The van der Waals surface area contributed by atoms with E-state index >= 15 is 0 Å². The predicted molar refractivity (Wildman–Crippen MR) is 85.2 cm³/mol. The van der Waals surface area contributed by atoms with Crippen molar-refractivity contribution in [3.8, 4) is 5.88 Å². The van der Waals surface area contributed by atoms with Crippen LogP contribution >= 0.6 is 11.6 Å². The number of nitrogens with one attached hydrogen (secondary N) is 4. The largest absolute Gasteiger partial charge is 0.481 e. The standard InChI is InChI=1S/C12H16ClN11O/c1-25-12-7(3-14-5-10-17-21-22-18-10)2-8(13)9(16-12)4-15-6-11-19-23-24-20-11/h2,14-15H,3-6H2,1H3,(H,17,18,21,22)(H,19,20,23,24). The van der Waals surface area contributed by atoms with Crippen LogP contribution < -0.4 is 15.4 Å². The van der Waals surface area contributed by atoms with Crippen LogP contribution in [0.4, 0.5) is 0 Å². The number of tetrazole rings is 2. The van der Waals surface area contributed by atoms with Gasteiger partial charge in [-0.15, -0.1) is 10.2 Å². The molecule has 3 aromatic heterocycles. The van der Waals surface area contributed by atoms with Crippen LogP contribution in [0.3, 0.4) is 0 Å². The third kappa shape index (κ3) is 4.65. The minimum atomic E-state index is 0.452. The van der Waals surface area contributed by atoms with Crippen LogP contribution in [-0.2, 0) is 26.2 Å². The molecule has 0 spiro atoms. The fourth-order valence-corrected chi connectivity index (χ4v) is 2.34. The molecular formula is C12H16ClN11O. The van der Waals surface area contributed by atoms with E-state index in [1.54, 1.807) is 7.11 Å². The molecule has 0 fully saturated rings. The summed E-state index contributed by atoms with van der Waals surface area (Å²) in [4.78, 5) is 4.46. The number of hydrogen-bond donors (Lipinski definition) is 4. The summed E-state index contributed by atoms with van der Waals surface area (Å²) < 4.78 is 5.36. The molecule has 3 aromatic rings. The van der Waals surface area contributed by atoms with E-state index in [9.17, 15) is 0 Å². The van der Waals surface area contributed by atoms with Gasteiger partial charge >= 0.3 is 0 Å². The minimum Gasteiger partial charge on any atom is -0.481 e. The molecule has 3 rings (SSSR count). The summed E-state index contributed by atoms with van der Waals surface area (Å²) in [5.41, 5.74) is 1.51. The third-order valence-electron chi connectivity index (χ3n) is 3.25. The van der Waals surface area contributed by atoms with Gasteiger partial charge in [0.2, 0.25) is 5.88 Å². The van der Waals surface area contributed by atoms with Crippen molar-refractivity contribution in [2.24, 2.45) is 0 Å². The second-order valence-electron chi connectivity index (χ2n) is 4.99. The number of aromatic amines is 2. The van der Waals surface area contributed by atoms with Gasteiger partial charge in [0.05, 0.1) is 30.9 Å². The van der Waals surface area contributed by atoms with E-state index in [0.717, 1.165) is 5.56 Å². The van der Waals surface area contributed by atoms with Crippen molar-refractivity contribution >= 4 is 11.6 Å². The van der Waals surface area contributed by atoms with E-state index < -0.39 is 0 Å². The molecule has 25 heavy (non-hydrogen) atoms. The van der Waals surface area contributed by atoms with Gasteiger partial charge in [-0.3, -0.25) is 0 Å². The molecule has 3 heterocycles. The lowest BCUT2D eigenvalue weighted by Crippen LogP contribution is -2.17. The molecular weight excluding hydrogens is 350 g/mol. The zero-order valence-electron chi connectivity index (χ0n) is 13.3. The normalized spacial score (nSPS) is 11.0. The number of halogens is 1. The Bertz CT molecular complexity index is 777. The van der Waals surface area contributed by atoms with E-state index in [1.807, 2.05) is 6.07 Å². The lowest BCUT2D eigenvalue weighted by atomic mass is 10.2. The maximum Gasteiger partial charge on any atom is 0.217 e. The van der Waals surface area contributed by atoms with Crippen molar-refractivity contribution in [3.05, 3.63) is 34.0 Å². The highest BCUT2D eigenvalue weighted by molar-refractivity contribution is 6.31. The Morgan fingerprint density at radius 1 is 1.00 bits per heavy atom. The second kappa shape index (κ2) is 8.41. The van der Waals surface area contributed by atoms with E-state index in [0.29, 0.717) is 54.4 Å². The second-order valence-corrected chi connectivity index (χ2v) is 5.40. The van der Waals surface area contributed by atoms with Crippen LogP contribution in [0.15, 0.2) is 6.07 Å². The Morgan fingerprint density at radius 2 is 1.64 bits per heavy atom. The van der Waals surface area contributed by atoms with Gasteiger partial charge in [-0.25, -0.2) is 15.2 Å². The number of pyridine rings is 1. The summed E-state index contributed by atoms with van der Waals surface area (Å²) in [6.45, 7) is 1.92. The molecule has 0 amide bonds. The van der Waals surface area contributed by atoms with Crippen molar-refractivity contribution in [2.75, 3.05) is 7.11 Å². The topological polar surface area (TPSA) is 155 Å². The summed E-state index contributed by atoms with van der Waals surface area (Å²) in [5.74, 6) is 1.78. The molecule has 0 unspecified atom stereocenters. The third-order valence-corrected chi connectivity index (χ3v) is 3.58. The number of hydrogen-bond acceptors (Lipinski definition) is 10. The molecule has 0 bridgehead atoms. The molecule has 0 atom stereocenters. The predicted octanol–water partition coefficient (Wildman–Crippen LogP) is -0.651. The Hall–Kier alpha value is -2.70. The Labute approximate surface area is 147 Å². The fourth-order valence-electron chi connectivity index (χ4n) is 2.10. The number of rotatable bonds is 9. The van der Waals surface area contributed by atoms with Crippen LogP contribution in [0.1, 0.15) is 22.9 Å². The van der Waals surface area contributed by atoms with Gasteiger partial charge in [-0.1, -0.05) is 11.6 Å². The van der Waals surface area contributed by atoms with Gasteiger partial charge in [0.15, 0.2) is 11.6 Å². The van der Waals surface area contributed by atoms with Crippen LogP contribution in [0.25, 0.3) is 0 Å². The molecule has 12 nitrogen and oxygen atoms in total. The van der Waals surface area contributed by atoms with E-state index in [1.165, 1.54) is 0 Å². The van der Waals surface area contributed by atoms with Gasteiger partial charge in [0.1, 0.15) is 0 Å². The highest BCUT2D eigenvalue weighted by Crippen LogP contribution is 2.23. The molecule has 4 N–H and O–H groups in total. The molecule has 0 saturated heterocycles. The molecule has 132 valence electrons. The first kappa shape index (κ1) is 17.1. The Balaban J connectivity index is 1.59. The van der Waals surface area contributed by atoms with Gasteiger partial charge < -0.3 is 15.4 Å². The summed E-state index contributed by atoms with van der Waals surface area (Å²) in [7, 11) is 1.57. The van der Waals surface area contributed by atoms with Gasteiger partial charge in [-0.2, -0.15) is 0 Å². The monoisotopic (exact) mass is 365 g/mol. The lowest BCUT2D eigenvalue weighted by molar-refractivity contribution is 0.388. The molecule has 0 aliphatic carbocycles. The van der Waals surface area contributed by atoms with Crippen LogP contribution in [0, 0.1) is 0 Å². The summed E-state index contributed by atoms with van der Waals surface area (Å²) in [6.07, 6.45) is 0. The zero-order chi connectivity index (χ0) is 17.5. The molecule has 0 aliphatic rings. The molecule has 0 saturated carbocycles. The highest BCUT2D eigenvalue weighted by atomic mass is 35.5. The SMILES string of the molecule is COc1nc(CNCc2nnn[nH]2)c(Cl)cc1CNCc1nnn[nH]1. The Morgan fingerprint density at radius 3 is 2.20 bits per heavy atom. The first-order chi connectivity index (χ1) is 12.3. The first-order valence-corrected chi connectivity index (χ1v) is 7.73. The number of methoxy groups -OCH3 is 1. The van der Waals surface area contributed by atoms with Crippen LogP contribution in [-0.4, -0.2) is 53.3 Å². The van der Waals surface area contributed by atoms with Crippen LogP contribution in [0.2, 0.25) is 5.02 Å². The average Bonchev–Trinajstić information content (AvgIpc) is 3.30. The number of ether oxygens (including phenoxy) is 1. The van der Waals surface area contributed by atoms with E-state index in [-0.39, 0.29) is 0 Å². The maximum absolute atomic E-state index is 6.32. The first-order valence-electron chi connectivity index (χ1n) is 7.35. The lowest BCUT2D eigenvalue weighted by Gasteiger charge is -2.12. The summed E-state index contributed by atoms with van der Waals surface area (Å²) >= 11 is 6.32. The van der Waals surface area contributed by atoms with E-state index in [2.05, 4.69) is 56.9 Å². The smallest absolute Gasteiger partial charge is 0.217 e. The summed E-state index contributed by atoms with van der Waals surface area (Å²) in [5, 5.41) is 33.9. The van der Waals surface area contributed by atoms with Gasteiger partial charge in [0, 0.05) is 18.7 Å². The zero-order valence-corrected chi connectivity index (χ0v) is 14.1. The average molecular weight is 366 g/mol. The van der Waals surface area contributed by atoms with Crippen molar-refractivity contribution in [1.29, 1.82) is 0 Å². The maximum atomic E-state index is 6.32. The van der Waals surface area contributed by atoms with E-state index in [4.69, 9.17) is 16.3 Å². The van der Waals surface area contributed by atoms with Crippen molar-refractivity contribution < 1.29 is 4.74 Å². The van der Waals surface area contributed by atoms with Gasteiger partial charge in [0.25, 0.3) is 0 Å². The van der Waals surface area contributed by atoms with Crippen molar-refractivity contribution in [2.45, 2.75) is 26.2 Å². The van der Waals surface area contributed by atoms with Crippen molar-refractivity contribution in [1.82, 2.24) is 56.9 Å². The molecule has 0 aromatic carbocycles. The van der Waals surface area contributed by atoms with Crippen molar-refractivity contribution in [3.63, 3.8) is 0 Å². The number of aromatic nitrogens is 9. The minimum absolute atomic E-state index is 0.452. The molecule has 0 aliphatic heterocycles. The van der Waals surface area contributed by atoms with Gasteiger partial charge in [-0.05, 0) is 26.9 Å². The fraction of sp³-hybridized carbons (Fsp3) is 0.417. The summed E-state index contributed by atoms with van der Waals surface area (Å²) in [6, 6.07) is 1.83. The number of H-pyrrole nitrogens is 2. The van der Waals surface area contributed by atoms with Crippen LogP contribution in [0.5, 0.6) is 5.88 Å². The molecule has 0 radical (unpaired) electrons. The Kier molecular flexibility index (Phi) is 5.77.